The fourth-order valence-electron chi connectivity index (χ4n) is 1.63. The van der Waals surface area contributed by atoms with E-state index in [1.165, 1.54) is 16.5 Å². The van der Waals surface area contributed by atoms with E-state index in [4.69, 9.17) is 0 Å². The molecule has 0 N–H and O–H groups in total. The number of nitrogens with zero attached hydrogens (tertiary/aromatic N) is 1. The Kier molecular flexibility index (Phi) is 3.84. The molecule has 1 aromatic carbocycles. The predicted octanol–water partition coefficient (Wildman–Crippen LogP) is 4.19. The minimum absolute atomic E-state index is 1.10. The highest BCUT2D eigenvalue weighted by molar-refractivity contribution is 5.83. The summed E-state index contributed by atoms with van der Waals surface area (Å²) in [6.45, 7) is 10.4. The second kappa shape index (κ2) is 4.92. The van der Waals surface area contributed by atoms with Crippen molar-refractivity contribution in [3.63, 3.8) is 0 Å². The van der Waals surface area contributed by atoms with Crippen LogP contribution in [-0.4, -0.2) is 4.98 Å². The zero-order valence-electron chi connectivity index (χ0n) is 10.3. The van der Waals surface area contributed by atoms with Crippen molar-refractivity contribution in [3.05, 3.63) is 41.1 Å². The maximum Gasteiger partial charge on any atom is 0.0708 e. The first-order valence-corrected chi connectivity index (χ1v) is 5.52. The number of pyridine rings is 1. The first-order valence-electron chi connectivity index (χ1n) is 5.52. The van der Waals surface area contributed by atoms with Gasteiger partial charge in [0.05, 0.1) is 5.52 Å². The molecule has 2 rings (SSSR count). The van der Waals surface area contributed by atoms with Gasteiger partial charge in [-0.1, -0.05) is 32.0 Å². The Morgan fingerprint density at radius 3 is 2.13 bits per heavy atom. The van der Waals surface area contributed by atoms with Gasteiger partial charge in [-0.3, -0.25) is 4.98 Å². The standard InChI is InChI=1S/C12H13N.C2H6/c1-8-9(2)11-6-4-5-7-12(11)13-10(8)3;1-2/h4-7H,1-3H3;1-2H3. The molecule has 0 spiro atoms. The van der Waals surface area contributed by atoms with E-state index in [0.717, 1.165) is 11.2 Å². The molecule has 0 saturated heterocycles. The molecule has 0 aliphatic heterocycles. The van der Waals surface area contributed by atoms with Crippen LogP contribution in [-0.2, 0) is 0 Å². The Morgan fingerprint density at radius 2 is 1.47 bits per heavy atom. The van der Waals surface area contributed by atoms with Crippen LogP contribution >= 0.6 is 0 Å². The molecule has 0 saturated carbocycles. The third-order valence-corrected chi connectivity index (χ3v) is 2.70. The van der Waals surface area contributed by atoms with E-state index in [9.17, 15) is 0 Å². The molecular weight excluding hydrogens is 182 g/mol. The first kappa shape index (κ1) is 11.7. The van der Waals surface area contributed by atoms with Crippen LogP contribution in [0.5, 0.6) is 0 Å². The van der Waals surface area contributed by atoms with E-state index >= 15 is 0 Å². The Morgan fingerprint density at radius 1 is 0.867 bits per heavy atom. The number of aromatic nitrogens is 1. The van der Waals surface area contributed by atoms with Crippen molar-refractivity contribution < 1.29 is 0 Å². The predicted molar refractivity (Wildman–Crippen MR) is 67.3 cm³/mol. The highest BCUT2D eigenvalue weighted by atomic mass is 14.7. The van der Waals surface area contributed by atoms with E-state index in [2.05, 4.69) is 44.0 Å². The molecule has 0 unspecified atom stereocenters. The van der Waals surface area contributed by atoms with Gasteiger partial charge >= 0.3 is 0 Å². The van der Waals surface area contributed by atoms with Gasteiger partial charge in [0, 0.05) is 11.1 Å². The van der Waals surface area contributed by atoms with Crippen LogP contribution in [0.3, 0.4) is 0 Å². The van der Waals surface area contributed by atoms with Crippen LogP contribution in [0.25, 0.3) is 10.9 Å². The quantitative estimate of drug-likeness (QED) is 0.623. The molecule has 1 heterocycles. The van der Waals surface area contributed by atoms with Crippen LogP contribution < -0.4 is 0 Å². The average Bonchev–Trinajstić information content (AvgIpc) is 2.29. The van der Waals surface area contributed by atoms with Crippen molar-refractivity contribution in [1.29, 1.82) is 0 Å². The second-order valence-corrected chi connectivity index (χ2v) is 3.46. The van der Waals surface area contributed by atoms with Crippen LogP contribution in [0.2, 0.25) is 0 Å². The van der Waals surface area contributed by atoms with E-state index in [0.29, 0.717) is 0 Å². The summed E-state index contributed by atoms with van der Waals surface area (Å²) in [6.07, 6.45) is 0. The van der Waals surface area contributed by atoms with Crippen LogP contribution in [0, 0.1) is 20.8 Å². The number of para-hydroxylation sites is 1. The zero-order chi connectivity index (χ0) is 11.4. The highest BCUT2D eigenvalue weighted by Crippen LogP contribution is 2.20. The van der Waals surface area contributed by atoms with Gasteiger partial charge in [0.2, 0.25) is 0 Å². The summed E-state index contributed by atoms with van der Waals surface area (Å²) >= 11 is 0. The Hall–Kier alpha value is -1.37. The van der Waals surface area contributed by atoms with Gasteiger partial charge in [-0.15, -0.1) is 0 Å². The molecule has 0 atom stereocenters. The van der Waals surface area contributed by atoms with Crippen LogP contribution in [0.1, 0.15) is 30.7 Å². The number of hydrogen-bond donors (Lipinski definition) is 0. The van der Waals surface area contributed by atoms with Gasteiger partial charge in [0.15, 0.2) is 0 Å². The first-order chi connectivity index (χ1) is 7.20. The summed E-state index contributed by atoms with van der Waals surface area (Å²) in [5, 5.41) is 1.27. The van der Waals surface area contributed by atoms with Gasteiger partial charge in [0.25, 0.3) is 0 Å². The third kappa shape index (κ3) is 2.17. The maximum atomic E-state index is 4.54. The SMILES string of the molecule is CC.Cc1nc2ccccc2c(C)c1C. The van der Waals surface area contributed by atoms with Crippen LogP contribution in [0.15, 0.2) is 24.3 Å². The van der Waals surface area contributed by atoms with E-state index in [1.807, 2.05) is 19.9 Å². The molecular formula is C14H19N. The van der Waals surface area contributed by atoms with Gasteiger partial charge < -0.3 is 0 Å². The minimum atomic E-state index is 1.10. The molecule has 0 fully saturated rings. The maximum absolute atomic E-state index is 4.54. The average molecular weight is 201 g/mol. The highest BCUT2D eigenvalue weighted by Gasteiger charge is 2.03. The summed E-state index contributed by atoms with van der Waals surface area (Å²) in [6, 6.07) is 8.29. The summed E-state index contributed by atoms with van der Waals surface area (Å²) < 4.78 is 0. The topological polar surface area (TPSA) is 12.9 Å². The van der Waals surface area contributed by atoms with E-state index < -0.39 is 0 Å². The van der Waals surface area contributed by atoms with Crippen molar-refractivity contribution in [1.82, 2.24) is 4.98 Å². The van der Waals surface area contributed by atoms with Crippen molar-refractivity contribution in [3.8, 4) is 0 Å². The van der Waals surface area contributed by atoms with E-state index in [-0.39, 0.29) is 0 Å². The van der Waals surface area contributed by atoms with Crippen molar-refractivity contribution in [2.75, 3.05) is 0 Å². The number of benzene rings is 1. The second-order valence-electron chi connectivity index (χ2n) is 3.46. The zero-order valence-corrected chi connectivity index (χ0v) is 10.3. The van der Waals surface area contributed by atoms with Crippen molar-refractivity contribution in [2.24, 2.45) is 0 Å². The molecule has 0 radical (unpaired) electrons. The third-order valence-electron chi connectivity index (χ3n) is 2.70. The fourth-order valence-corrected chi connectivity index (χ4v) is 1.63. The summed E-state index contributed by atoms with van der Waals surface area (Å²) in [5.74, 6) is 0. The largest absolute Gasteiger partial charge is 0.253 e. The van der Waals surface area contributed by atoms with Gasteiger partial charge in [-0.2, -0.15) is 0 Å². The van der Waals surface area contributed by atoms with Gasteiger partial charge in [0.1, 0.15) is 0 Å². The number of fused-ring (bicyclic) bond motifs is 1. The molecule has 0 bridgehead atoms. The monoisotopic (exact) mass is 201 g/mol. The molecule has 1 nitrogen and oxygen atoms in total. The number of aryl methyl sites for hydroxylation is 2. The lowest BCUT2D eigenvalue weighted by Gasteiger charge is -2.07. The Bertz CT molecular complexity index is 458. The lowest BCUT2D eigenvalue weighted by atomic mass is 10.0. The smallest absolute Gasteiger partial charge is 0.0708 e. The molecule has 0 aliphatic carbocycles. The normalized spacial score (nSPS) is 9.67. The molecule has 0 amide bonds. The number of rotatable bonds is 0. The molecule has 1 aromatic heterocycles. The summed E-state index contributed by atoms with van der Waals surface area (Å²) in [7, 11) is 0. The van der Waals surface area contributed by atoms with Crippen molar-refractivity contribution >= 4 is 10.9 Å². The lowest BCUT2D eigenvalue weighted by Crippen LogP contribution is -1.92. The van der Waals surface area contributed by atoms with Crippen LogP contribution in [0.4, 0.5) is 0 Å². The van der Waals surface area contributed by atoms with E-state index in [1.54, 1.807) is 0 Å². The minimum Gasteiger partial charge on any atom is -0.253 e. The molecule has 0 aliphatic rings. The van der Waals surface area contributed by atoms with Crippen molar-refractivity contribution in [2.45, 2.75) is 34.6 Å². The Balaban J connectivity index is 0.000000531. The summed E-state index contributed by atoms with van der Waals surface area (Å²) in [5.41, 5.74) is 4.89. The Labute approximate surface area is 92.2 Å². The molecule has 1 heteroatoms. The summed E-state index contributed by atoms with van der Waals surface area (Å²) in [4.78, 5) is 4.54. The molecule has 2 aromatic rings. The molecule has 80 valence electrons. The van der Waals surface area contributed by atoms with Gasteiger partial charge in [-0.25, -0.2) is 0 Å². The van der Waals surface area contributed by atoms with Gasteiger partial charge in [-0.05, 0) is 38.0 Å². The lowest BCUT2D eigenvalue weighted by molar-refractivity contribution is 1.17. The molecule has 15 heavy (non-hydrogen) atoms. The number of hydrogen-bond acceptors (Lipinski definition) is 1. The fraction of sp³-hybridized carbons (Fsp3) is 0.357.